The molecule has 0 spiro atoms. The van der Waals surface area contributed by atoms with Crippen LogP contribution < -0.4 is 5.56 Å². The third kappa shape index (κ3) is 3.80. The number of aryl methyl sites for hydroxylation is 3. The summed E-state index contributed by atoms with van der Waals surface area (Å²) in [4.78, 5) is 24.8. The van der Waals surface area contributed by atoms with E-state index in [1.165, 1.54) is 35.0 Å². The van der Waals surface area contributed by atoms with Crippen LogP contribution in [0.1, 0.15) is 54.8 Å². The first-order chi connectivity index (χ1) is 13.7. The van der Waals surface area contributed by atoms with Crippen LogP contribution in [-0.2, 0) is 31.6 Å². The second-order valence-electron chi connectivity index (χ2n) is 6.99. The number of thioether (sulfide) groups is 1. The quantitative estimate of drug-likeness (QED) is 0.244. The number of rotatable bonds is 7. The zero-order valence-electron chi connectivity index (χ0n) is 16.1. The fourth-order valence-corrected chi connectivity index (χ4v) is 5.75. The van der Waals surface area contributed by atoms with Crippen molar-refractivity contribution in [3.8, 4) is 0 Å². The van der Waals surface area contributed by atoms with Crippen molar-refractivity contribution in [1.29, 1.82) is 0 Å². The van der Waals surface area contributed by atoms with Crippen LogP contribution in [0, 0.1) is 0 Å². The number of hydrogen-bond acceptors (Lipinski definition) is 7. The van der Waals surface area contributed by atoms with Gasteiger partial charge in [0.1, 0.15) is 4.83 Å². The van der Waals surface area contributed by atoms with Crippen LogP contribution in [0.3, 0.4) is 0 Å². The molecule has 3 aromatic heterocycles. The minimum Gasteiger partial charge on any atom is -0.338 e. The van der Waals surface area contributed by atoms with E-state index in [1.54, 1.807) is 22.0 Å². The van der Waals surface area contributed by atoms with Crippen LogP contribution in [0.15, 0.2) is 27.1 Å². The standard InChI is InChI=1S/C20H24N4O2S2/c1-3-8-15-21-16(26-23-15)12-27-20-22-18-17(19(25)24(20)11-4-2)13-9-6-5-7-10-14(13)28-18/h4H,2-3,5-12H2,1H3. The van der Waals surface area contributed by atoms with E-state index < -0.39 is 0 Å². The minimum atomic E-state index is 0.0454. The van der Waals surface area contributed by atoms with Crippen LogP contribution in [0.25, 0.3) is 10.2 Å². The zero-order chi connectivity index (χ0) is 19.5. The number of nitrogens with zero attached hydrogens (tertiary/aromatic N) is 4. The second-order valence-corrected chi connectivity index (χ2v) is 9.01. The van der Waals surface area contributed by atoms with Gasteiger partial charge in [-0.05, 0) is 37.7 Å². The summed E-state index contributed by atoms with van der Waals surface area (Å²) in [5, 5.41) is 5.50. The van der Waals surface area contributed by atoms with Crippen LogP contribution in [0.5, 0.6) is 0 Å². The Kier molecular flexibility index (Phi) is 5.96. The lowest BCUT2D eigenvalue weighted by molar-refractivity contribution is 0.384. The molecule has 0 saturated heterocycles. The summed E-state index contributed by atoms with van der Waals surface area (Å²) < 4.78 is 7.05. The first kappa shape index (κ1) is 19.4. The molecular weight excluding hydrogens is 392 g/mol. The van der Waals surface area contributed by atoms with Crippen molar-refractivity contribution in [3.63, 3.8) is 0 Å². The fraction of sp³-hybridized carbons (Fsp3) is 0.500. The third-order valence-corrected chi connectivity index (χ3v) is 7.06. The van der Waals surface area contributed by atoms with Gasteiger partial charge in [0, 0.05) is 17.8 Å². The summed E-state index contributed by atoms with van der Waals surface area (Å²) in [5.74, 6) is 1.79. The average Bonchev–Trinajstić information content (AvgIpc) is 3.20. The van der Waals surface area contributed by atoms with Gasteiger partial charge in [-0.3, -0.25) is 9.36 Å². The van der Waals surface area contributed by atoms with Gasteiger partial charge in [-0.25, -0.2) is 4.98 Å². The molecule has 0 bridgehead atoms. The van der Waals surface area contributed by atoms with Crippen molar-refractivity contribution in [3.05, 3.63) is 45.2 Å². The Labute approximate surface area is 172 Å². The Morgan fingerprint density at radius 1 is 1.29 bits per heavy atom. The highest BCUT2D eigenvalue weighted by Crippen LogP contribution is 2.34. The van der Waals surface area contributed by atoms with Crippen LogP contribution in [0.2, 0.25) is 0 Å². The summed E-state index contributed by atoms with van der Waals surface area (Å²) in [6.45, 7) is 6.34. The predicted octanol–water partition coefficient (Wildman–Crippen LogP) is 4.54. The molecule has 0 unspecified atom stereocenters. The third-order valence-electron chi connectivity index (χ3n) is 4.91. The first-order valence-corrected chi connectivity index (χ1v) is 11.6. The largest absolute Gasteiger partial charge is 0.338 e. The minimum absolute atomic E-state index is 0.0454. The van der Waals surface area contributed by atoms with E-state index in [1.807, 2.05) is 0 Å². The van der Waals surface area contributed by atoms with Crippen molar-refractivity contribution in [1.82, 2.24) is 19.7 Å². The summed E-state index contributed by atoms with van der Waals surface area (Å²) in [7, 11) is 0. The van der Waals surface area contributed by atoms with Gasteiger partial charge >= 0.3 is 0 Å². The number of aromatic nitrogens is 4. The normalized spacial score (nSPS) is 14.2. The molecule has 0 aromatic carbocycles. The van der Waals surface area contributed by atoms with Crippen molar-refractivity contribution in [2.24, 2.45) is 0 Å². The summed E-state index contributed by atoms with van der Waals surface area (Å²) in [6.07, 6.45) is 9.14. The highest BCUT2D eigenvalue weighted by Gasteiger charge is 2.21. The molecule has 0 fully saturated rings. The van der Waals surface area contributed by atoms with Gasteiger partial charge in [0.15, 0.2) is 11.0 Å². The molecule has 0 atom stereocenters. The van der Waals surface area contributed by atoms with E-state index in [9.17, 15) is 4.79 Å². The average molecular weight is 417 g/mol. The van der Waals surface area contributed by atoms with Gasteiger partial charge < -0.3 is 4.52 Å². The Bertz CT molecular complexity index is 1050. The van der Waals surface area contributed by atoms with E-state index in [4.69, 9.17) is 9.51 Å². The number of thiophene rings is 1. The van der Waals surface area contributed by atoms with E-state index in [2.05, 4.69) is 23.6 Å². The maximum atomic E-state index is 13.3. The van der Waals surface area contributed by atoms with Crippen molar-refractivity contribution in [2.45, 2.75) is 69.3 Å². The Morgan fingerprint density at radius 3 is 2.96 bits per heavy atom. The summed E-state index contributed by atoms with van der Waals surface area (Å²) >= 11 is 3.15. The summed E-state index contributed by atoms with van der Waals surface area (Å²) in [5.41, 5.74) is 1.27. The fourth-order valence-electron chi connectivity index (χ4n) is 3.60. The lowest BCUT2D eigenvalue weighted by atomic mass is 10.1. The highest BCUT2D eigenvalue weighted by molar-refractivity contribution is 7.98. The Balaban J connectivity index is 1.69. The molecule has 0 amide bonds. The molecule has 4 rings (SSSR count). The van der Waals surface area contributed by atoms with Crippen LogP contribution in [0.4, 0.5) is 0 Å². The maximum absolute atomic E-state index is 13.3. The lowest BCUT2D eigenvalue weighted by Gasteiger charge is -2.09. The molecule has 0 saturated carbocycles. The van der Waals surface area contributed by atoms with Crippen LogP contribution in [-0.4, -0.2) is 19.7 Å². The molecule has 1 aliphatic carbocycles. The van der Waals surface area contributed by atoms with Gasteiger partial charge in [-0.1, -0.05) is 36.3 Å². The molecule has 3 aromatic rings. The molecule has 6 nitrogen and oxygen atoms in total. The number of hydrogen-bond donors (Lipinski definition) is 0. The molecule has 0 aliphatic heterocycles. The molecule has 148 valence electrons. The van der Waals surface area contributed by atoms with Gasteiger partial charge in [0.05, 0.1) is 11.1 Å². The van der Waals surface area contributed by atoms with E-state index >= 15 is 0 Å². The van der Waals surface area contributed by atoms with E-state index in [-0.39, 0.29) is 5.56 Å². The lowest BCUT2D eigenvalue weighted by Crippen LogP contribution is -2.23. The zero-order valence-corrected chi connectivity index (χ0v) is 17.7. The van der Waals surface area contributed by atoms with Gasteiger partial charge in [-0.15, -0.1) is 17.9 Å². The van der Waals surface area contributed by atoms with E-state index in [0.717, 1.165) is 48.1 Å². The molecule has 0 radical (unpaired) electrons. The predicted molar refractivity (Wildman–Crippen MR) is 113 cm³/mol. The van der Waals surface area contributed by atoms with Gasteiger partial charge in [-0.2, -0.15) is 4.98 Å². The Morgan fingerprint density at radius 2 is 2.14 bits per heavy atom. The monoisotopic (exact) mass is 416 g/mol. The van der Waals surface area contributed by atoms with Crippen molar-refractivity contribution >= 4 is 33.3 Å². The second kappa shape index (κ2) is 8.61. The van der Waals surface area contributed by atoms with Crippen LogP contribution >= 0.6 is 23.1 Å². The summed E-state index contributed by atoms with van der Waals surface area (Å²) in [6, 6.07) is 0. The molecule has 3 heterocycles. The molecule has 1 aliphatic rings. The highest BCUT2D eigenvalue weighted by atomic mass is 32.2. The first-order valence-electron chi connectivity index (χ1n) is 9.81. The van der Waals surface area contributed by atoms with Crippen molar-refractivity contribution < 1.29 is 4.52 Å². The number of fused-ring (bicyclic) bond motifs is 3. The Hall–Kier alpha value is -1.93. The van der Waals surface area contributed by atoms with Crippen molar-refractivity contribution in [2.75, 3.05) is 0 Å². The SMILES string of the molecule is C=CCn1c(SCc2nc(CCC)no2)nc2sc3c(c2c1=O)CCCCC3. The smallest absolute Gasteiger partial charge is 0.263 e. The number of allylic oxidation sites excluding steroid dienone is 1. The molecule has 0 N–H and O–H groups in total. The molecule has 8 heteroatoms. The topological polar surface area (TPSA) is 73.8 Å². The van der Waals surface area contributed by atoms with Gasteiger partial charge in [0.25, 0.3) is 5.56 Å². The van der Waals surface area contributed by atoms with E-state index in [0.29, 0.717) is 23.3 Å². The molecule has 28 heavy (non-hydrogen) atoms. The molecular formula is C20H24N4O2S2. The van der Waals surface area contributed by atoms with Gasteiger partial charge in [0.2, 0.25) is 5.89 Å². The maximum Gasteiger partial charge on any atom is 0.263 e.